The summed E-state index contributed by atoms with van der Waals surface area (Å²) < 4.78 is 11.9. The van der Waals surface area contributed by atoms with Gasteiger partial charge in [0.1, 0.15) is 0 Å². The Kier molecular flexibility index (Phi) is 10.00. The molecule has 3 aromatic rings. The summed E-state index contributed by atoms with van der Waals surface area (Å²) in [5.41, 5.74) is 6.17. The molecule has 1 aliphatic carbocycles. The number of methoxy groups -OCH3 is 1. The van der Waals surface area contributed by atoms with Gasteiger partial charge in [0.05, 0.1) is 25.8 Å². The summed E-state index contributed by atoms with van der Waals surface area (Å²) in [6, 6.07) is 22.2. The van der Waals surface area contributed by atoms with E-state index in [1.165, 1.54) is 53.7 Å². The van der Waals surface area contributed by atoms with Gasteiger partial charge in [0.15, 0.2) is 11.5 Å². The number of ether oxygens (including phenoxy) is 2. The van der Waals surface area contributed by atoms with Crippen LogP contribution in [0.5, 0.6) is 11.5 Å². The molecular weight excluding hydrogens is 596 g/mol. The molecular formula is C38H49ClN4O3. The number of likely N-dealkylation sites (N-methyl/N-ethyl adjacent to an activating group) is 1. The smallest absolute Gasteiger partial charge is 0.236 e. The summed E-state index contributed by atoms with van der Waals surface area (Å²) in [7, 11) is 5.85. The molecule has 3 aliphatic rings. The SMILES string of the molecule is COc1cc2c(cc1OC(C)C)[C@H](c1ccc(Cl)cc1)N(c1ccc(N(C)C[C@H]3CC[C@H](N4CCN(C)C(=O)C4)CC3)cc1)CC2. The monoisotopic (exact) mass is 644 g/mol. The van der Waals surface area contributed by atoms with Crippen LogP contribution in [0.1, 0.15) is 62.3 Å². The fourth-order valence-electron chi connectivity index (χ4n) is 7.59. The van der Waals surface area contributed by atoms with Crippen molar-refractivity contribution < 1.29 is 14.3 Å². The van der Waals surface area contributed by atoms with Crippen LogP contribution in [-0.4, -0.2) is 81.8 Å². The molecule has 1 amide bonds. The number of rotatable bonds is 9. The average molecular weight is 645 g/mol. The highest BCUT2D eigenvalue weighted by molar-refractivity contribution is 6.30. The van der Waals surface area contributed by atoms with Crippen molar-refractivity contribution in [3.8, 4) is 11.5 Å². The molecule has 46 heavy (non-hydrogen) atoms. The Labute approximate surface area is 280 Å². The zero-order chi connectivity index (χ0) is 32.4. The van der Waals surface area contributed by atoms with E-state index in [-0.39, 0.29) is 18.1 Å². The van der Waals surface area contributed by atoms with Crippen LogP contribution in [0.2, 0.25) is 5.02 Å². The number of piperazine rings is 1. The molecule has 1 atom stereocenters. The van der Waals surface area contributed by atoms with Crippen molar-refractivity contribution in [2.24, 2.45) is 5.92 Å². The minimum absolute atomic E-state index is 0.0239. The van der Waals surface area contributed by atoms with E-state index in [1.54, 1.807) is 7.11 Å². The third-order valence-corrected chi connectivity index (χ3v) is 10.4. The lowest BCUT2D eigenvalue weighted by Crippen LogP contribution is -2.53. The van der Waals surface area contributed by atoms with E-state index in [0.29, 0.717) is 18.5 Å². The van der Waals surface area contributed by atoms with Crippen LogP contribution in [0.3, 0.4) is 0 Å². The summed E-state index contributed by atoms with van der Waals surface area (Å²) in [6.07, 6.45) is 5.78. The molecule has 2 aliphatic heterocycles. The van der Waals surface area contributed by atoms with E-state index in [4.69, 9.17) is 21.1 Å². The molecule has 1 saturated heterocycles. The molecule has 6 rings (SSSR count). The molecule has 1 saturated carbocycles. The fraction of sp³-hybridized carbons (Fsp3) is 0.500. The molecule has 0 bridgehead atoms. The fourth-order valence-corrected chi connectivity index (χ4v) is 7.71. The minimum Gasteiger partial charge on any atom is -0.493 e. The van der Waals surface area contributed by atoms with Crippen molar-refractivity contribution in [1.29, 1.82) is 0 Å². The normalized spacial score (nSPS) is 22.2. The number of benzene rings is 3. The van der Waals surface area contributed by atoms with Crippen molar-refractivity contribution in [2.45, 2.75) is 64.1 Å². The van der Waals surface area contributed by atoms with Crippen molar-refractivity contribution >= 4 is 28.9 Å². The molecule has 0 unspecified atom stereocenters. The van der Waals surface area contributed by atoms with Crippen LogP contribution >= 0.6 is 11.6 Å². The lowest BCUT2D eigenvalue weighted by Gasteiger charge is -2.41. The van der Waals surface area contributed by atoms with Gasteiger partial charge in [-0.1, -0.05) is 23.7 Å². The molecule has 3 aromatic carbocycles. The summed E-state index contributed by atoms with van der Waals surface area (Å²) in [5.74, 6) is 2.50. The van der Waals surface area contributed by atoms with Gasteiger partial charge in [-0.2, -0.15) is 0 Å². The Balaban J connectivity index is 1.16. The van der Waals surface area contributed by atoms with Crippen LogP contribution in [0.25, 0.3) is 0 Å². The maximum atomic E-state index is 12.2. The summed E-state index contributed by atoms with van der Waals surface area (Å²) >= 11 is 6.33. The van der Waals surface area contributed by atoms with Gasteiger partial charge in [-0.3, -0.25) is 9.69 Å². The molecule has 0 radical (unpaired) electrons. The predicted octanol–water partition coefficient (Wildman–Crippen LogP) is 7.06. The second-order valence-corrected chi connectivity index (χ2v) is 14.1. The maximum Gasteiger partial charge on any atom is 0.236 e. The number of carbonyl (C=O) groups excluding carboxylic acids is 1. The van der Waals surface area contributed by atoms with Gasteiger partial charge in [0.25, 0.3) is 0 Å². The number of fused-ring (bicyclic) bond motifs is 1. The maximum absolute atomic E-state index is 12.2. The average Bonchev–Trinajstić information content (AvgIpc) is 3.06. The molecule has 7 nitrogen and oxygen atoms in total. The summed E-state index contributed by atoms with van der Waals surface area (Å²) in [4.78, 5) is 21.4. The van der Waals surface area contributed by atoms with Crippen LogP contribution in [-0.2, 0) is 11.2 Å². The van der Waals surface area contributed by atoms with Crippen molar-refractivity contribution in [3.05, 3.63) is 82.4 Å². The Morgan fingerprint density at radius 3 is 2.30 bits per heavy atom. The third-order valence-electron chi connectivity index (χ3n) is 10.2. The van der Waals surface area contributed by atoms with Gasteiger partial charge in [-0.05, 0) is 117 Å². The van der Waals surface area contributed by atoms with E-state index in [2.05, 4.69) is 70.3 Å². The van der Waals surface area contributed by atoms with Gasteiger partial charge in [-0.25, -0.2) is 0 Å². The lowest BCUT2D eigenvalue weighted by molar-refractivity contribution is -0.135. The summed E-state index contributed by atoms with van der Waals surface area (Å²) in [6.45, 7) is 8.48. The first kappa shape index (κ1) is 32.5. The number of hydrogen-bond acceptors (Lipinski definition) is 6. The van der Waals surface area contributed by atoms with Gasteiger partial charge in [0, 0.05) is 62.7 Å². The first-order valence-corrected chi connectivity index (χ1v) is 17.3. The topological polar surface area (TPSA) is 48.5 Å². The first-order valence-electron chi connectivity index (χ1n) is 16.9. The number of carbonyl (C=O) groups is 1. The van der Waals surface area contributed by atoms with Gasteiger partial charge < -0.3 is 24.2 Å². The molecule has 2 fully saturated rings. The van der Waals surface area contributed by atoms with Crippen molar-refractivity contribution in [2.75, 3.05) is 63.7 Å². The summed E-state index contributed by atoms with van der Waals surface area (Å²) in [5, 5.41) is 0.736. The number of hydrogen-bond donors (Lipinski definition) is 0. The van der Waals surface area contributed by atoms with E-state index in [1.807, 2.05) is 37.9 Å². The number of halogens is 1. The molecule has 0 N–H and O–H groups in total. The zero-order valence-electron chi connectivity index (χ0n) is 28.0. The van der Waals surface area contributed by atoms with Gasteiger partial charge >= 0.3 is 0 Å². The van der Waals surface area contributed by atoms with Crippen LogP contribution in [0.15, 0.2) is 60.7 Å². The molecule has 246 valence electrons. The number of nitrogens with zero attached hydrogens (tertiary/aromatic N) is 4. The third kappa shape index (κ3) is 7.11. The van der Waals surface area contributed by atoms with E-state index >= 15 is 0 Å². The van der Waals surface area contributed by atoms with Crippen molar-refractivity contribution in [1.82, 2.24) is 9.80 Å². The standard InChI is InChI=1S/C38H49ClN4O3/c1-26(2)46-36-23-34-29(22-35(36)45-5)18-19-43(38(34)28-8-10-30(39)11-9-28)33-16-14-31(15-17-33)41(4)24-27-6-12-32(13-7-27)42-21-20-40(3)37(44)25-42/h8-11,14-17,22-23,26-27,32,38H,6-7,12-13,18-21,24-25H2,1-5H3/t27-,32-,38-/m0/s1. The predicted molar refractivity (Wildman–Crippen MR) is 188 cm³/mol. The highest BCUT2D eigenvalue weighted by atomic mass is 35.5. The van der Waals surface area contributed by atoms with E-state index in [0.717, 1.165) is 49.1 Å². The molecule has 0 spiro atoms. The quantitative estimate of drug-likeness (QED) is 0.249. The lowest BCUT2D eigenvalue weighted by atomic mass is 9.84. The zero-order valence-corrected chi connectivity index (χ0v) is 28.8. The number of amides is 1. The van der Waals surface area contributed by atoms with Crippen LogP contribution in [0, 0.1) is 5.92 Å². The molecule has 8 heteroatoms. The van der Waals surface area contributed by atoms with Gasteiger partial charge in [0.2, 0.25) is 5.91 Å². The Morgan fingerprint density at radius 2 is 1.65 bits per heavy atom. The first-order chi connectivity index (χ1) is 22.2. The Bertz CT molecular complexity index is 1490. The van der Waals surface area contributed by atoms with Crippen LogP contribution in [0.4, 0.5) is 11.4 Å². The highest BCUT2D eigenvalue weighted by Crippen LogP contribution is 2.43. The van der Waals surface area contributed by atoms with E-state index in [9.17, 15) is 4.79 Å². The van der Waals surface area contributed by atoms with Gasteiger partial charge in [-0.15, -0.1) is 0 Å². The Morgan fingerprint density at radius 1 is 0.935 bits per heavy atom. The van der Waals surface area contributed by atoms with Crippen molar-refractivity contribution in [3.63, 3.8) is 0 Å². The number of anilines is 2. The Hall–Kier alpha value is -3.42. The highest BCUT2D eigenvalue weighted by Gasteiger charge is 2.32. The molecule has 2 heterocycles. The van der Waals surface area contributed by atoms with E-state index < -0.39 is 0 Å². The molecule has 0 aromatic heterocycles. The minimum atomic E-state index is 0.0239. The second-order valence-electron chi connectivity index (χ2n) is 13.6. The largest absolute Gasteiger partial charge is 0.493 e. The second kappa shape index (κ2) is 14.1. The van der Waals surface area contributed by atoms with Crippen LogP contribution < -0.4 is 19.3 Å².